The number of hydrogen-bond donors (Lipinski definition) is 3. The normalized spacial score (nSPS) is 29.8. The predicted octanol–water partition coefficient (Wildman–Crippen LogP) is -2.02. The highest BCUT2D eigenvalue weighted by Crippen LogP contribution is 2.25. The van der Waals surface area contributed by atoms with Gasteiger partial charge >= 0.3 is 5.97 Å². The molecule has 0 unspecified atom stereocenters. The molecule has 2 aliphatic rings. The van der Waals surface area contributed by atoms with Crippen LogP contribution in [0, 0.1) is 0 Å². The number of carbonyl (C=O) groups excluding carboxylic acids is 2. The Kier molecular flexibility index (Phi) is 4.24. The molecule has 2 saturated heterocycles. The first-order valence-corrected chi connectivity index (χ1v) is 6.66. The van der Waals surface area contributed by atoms with E-state index in [-0.39, 0.29) is 19.5 Å². The number of β-amino-alcohol motifs (C(OH)–C–C–N with tert-alkyl or cyclic N) is 1. The fourth-order valence-electron chi connectivity index (χ4n) is 2.92. The van der Waals surface area contributed by atoms with Crippen LogP contribution < -0.4 is 5.73 Å². The summed E-state index contributed by atoms with van der Waals surface area (Å²) in [7, 11) is 0. The molecule has 2 heterocycles. The van der Waals surface area contributed by atoms with Gasteiger partial charge in [0.1, 0.15) is 12.1 Å². The van der Waals surface area contributed by atoms with Gasteiger partial charge in [-0.25, -0.2) is 4.79 Å². The van der Waals surface area contributed by atoms with Crippen molar-refractivity contribution in [3.8, 4) is 0 Å². The van der Waals surface area contributed by atoms with Crippen molar-refractivity contribution >= 4 is 17.8 Å². The lowest BCUT2D eigenvalue weighted by atomic mass is 10.1. The molecule has 2 aliphatic heterocycles. The average molecular weight is 285 g/mol. The Hall–Kier alpha value is -1.67. The lowest BCUT2D eigenvalue weighted by Crippen LogP contribution is -2.51. The topological polar surface area (TPSA) is 124 Å². The average Bonchev–Trinajstić information content (AvgIpc) is 3.03. The second-order valence-electron chi connectivity index (χ2n) is 5.18. The zero-order chi connectivity index (χ0) is 14.9. The first-order chi connectivity index (χ1) is 9.45. The molecule has 112 valence electrons. The van der Waals surface area contributed by atoms with Crippen molar-refractivity contribution < 1.29 is 24.6 Å². The highest BCUT2D eigenvalue weighted by atomic mass is 16.4. The number of aliphatic hydroxyl groups is 1. The highest BCUT2D eigenvalue weighted by Gasteiger charge is 2.44. The summed E-state index contributed by atoms with van der Waals surface area (Å²) in [5.41, 5.74) is 5.30. The fraction of sp³-hybridized carbons (Fsp3) is 0.750. The van der Waals surface area contributed by atoms with E-state index in [4.69, 9.17) is 10.8 Å². The van der Waals surface area contributed by atoms with E-state index < -0.39 is 36.0 Å². The van der Waals surface area contributed by atoms with Gasteiger partial charge in [0, 0.05) is 19.5 Å². The van der Waals surface area contributed by atoms with Crippen LogP contribution in [0.4, 0.5) is 0 Å². The molecular weight excluding hydrogens is 266 g/mol. The van der Waals surface area contributed by atoms with Gasteiger partial charge in [0.25, 0.3) is 0 Å². The number of rotatable bonds is 3. The van der Waals surface area contributed by atoms with Crippen LogP contribution in [0.15, 0.2) is 0 Å². The predicted molar refractivity (Wildman–Crippen MR) is 67.6 cm³/mol. The first kappa shape index (κ1) is 14.7. The number of nitrogens with two attached hydrogens (primary N) is 1. The van der Waals surface area contributed by atoms with Gasteiger partial charge in [-0.05, 0) is 12.8 Å². The Bertz CT molecular complexity index is 427. The minimum Gasteiger partial charge on any atom is -0.480 e. The van der Waals surface area contributed by atoms with E-state index in [9.17, 15) is 19.5 Å². The third kappa shape index (κ3) is 2.61. The monoisotopic (exact) mass is 285 g/mol. The SMILES string of the molecule is NCC(=O)N1C[C@H](O)C[C@H]1C(=O)N1CCC[C@H]1C(=O)O. The standard InChI is InChI=1S/C12H19N3O5/c13-5-10(17)15-6-7(16)4-9(15)11(18)14-3-1-2-8(14)12(19)20/h7-9,16H,1-6,13H2,(H,19,20)/t7-,8+,9+/m1/s1. The van der Waals surface area contributed by atoms with Crippen LogP contribution in [0.5, 0.6) is 0 Å². The maximum Gasteiger partial charge on any atom is 0.326 e. The van der Waals surface area contributed by atoms with Crippen LogP contribution >= 0.6 is 0 Å². The molecule has 0 spiro atoms. The minimum atomic E-state index is -1.04. The Morgan fingerprint density at radius 2 is 1.90 bits per heavy atom. The first-order valence-electron chi connectivity index (χ1n) is 6.66. The zero-order valence-corrected chi connectivity index (χ0v) is 11.1. The van der Waals surface area contributed by atoms with Gasteiger partial charge in [0.05, 0.1) is 12.6 Å². The molecule has 0 aromatic heterocycles. The molecule has 8 heteroatoms. The summed E-state index contributed by atoms with van der Waals surface area (Å²) in [4.78, 5) is 37.8. The van der Waals surface area contributed by atoms with Gasteiger partial charge in [-0.1, -0.05) is 0 Å². The van der Waals surface area contributed by atoms with Gasteiger partial charge in [-0.2, -0.15) is 0 Å². The number of aliphatic carboxylic acids is 1. The van der Waals surface area contributed by atoms with Crippen molar-refractivity contribution in [2.24, 2.45) is 5.73 Å². The lowest BCUT2D eigenvalue weighted by molar-refractivity contribution is -0.151. The van der Waals surface area contributed by atoms with Crippen LogP contribution in [0.1, 0.15) is 19.3 Å². The molecule has 0 bridgehead atoms. The Morgan fingerprint density at radius 1 is 1.20 bits per heavy atom. The van der Waals surface area contributed by atoms with Crippen LogP contribution in [0.3, 0.4) is 0 Å². The fourth-order valence-corrected chi connectivity index (χ4v) is 2.92. The summed E-state index contributed by atoms with van der Waals surface area (Å²) >= 11 is 0. The van der Waals surface area contributed by atoms with Crippen LogP contribution in [-0.4, -0.2) is 75.6 Å². The van der Waals surface area contributed by atoms with E-state index in [2.05, 4.69) is 0 Å². The summed E-state index contributed by atoms with van der Waals surface area (Å²) in [5, 5.41) is 18.8. The second-order valence-corrected chi connectivity index (χ2v) is 5.18. The summed E-state index contributed by atoms with van der Waals surface area (Å²) in [6.45, 7) is 0.198. The van der Waals surface area contributed by atoms with Gasteiger partial charge in [0.2, 0.25) is 11.8 Å². The van der Waals surface area contributed by atoms with E-state index in [1.54, 1.807) is 0 Å². The van der Waals surface area contributed by atoms with Gasteiger partial charge in [-0.15, -0.1) is 0 Å². The van der Waals surface area contributed by atoms with E-state index in [0.29, 0.717) is 19.4 Å². The van der Waals surface area contributed by atoms with Gasteiger partial charge < -0.3 is 25.7 Å². The van der Waals surface area contributed by atoms with Crippen LogP contribution in [0.2, 0.25) is 0 Å². The number of aliphatic hydroxyl groups excluding tert-OH is 1. The maximum atomic E-state index is 12.5. The van der Waals surface area contributed by atoms with Crippen molar-refractivity contribution in [2.45, 2.75) is 37.5 Å². The summed E-state index contributed by atoms with van der Waals surface area (Å²) in [6, 6.07) is -1.64. The smallest absolute Gasteiger partial charge is 0.326 e. The lowest BCUT2D eigenvalue weighted by Gasteiger charge is -2.29. The van der Waals surface area contributed by atoms with Gasteiger partial charge in [-0.3, -0.25) is 9.59 Å². The maximum absolute atomic E-state index is 12.5. The summed E-state index contributed by atoms with van der Waals surface area (Å²) in [6.07, 6.45) is 0.405. The van der Waals surface area contributed by atoms with E-state index in [1.807, 2.05) is 0 Å². The molecular formula is C12H19N3O5. The van der Waals surface area contributed by atoms with Crippen LogP contribution in [-0.2, 0) is 14.4 Å². The molecule has 20 heavy (non-hydrogen) atoms. The molecule has 2 amide bonds. The Morgan fingerprint density at radius 3 is 2.50 bits per heavy atom. The number of nitrogens with zero attached hydrogens (tertiary/aromatic N) is 2. The number of likely N-dealkylation sites (tertiary alicyclic amines) is 2. The quantitative estimate of drug-likeness (QED) is 0.550. The van der Waals surface area contributed by atoms with E-state index in [1.165, 1.54) is 9.80 Å². The zero-order valence-electron chi connectivity index (χ0n) is 11.1. The van der Waals surface area contributed by atoms with Crippen molar-refractivity contribution in [3.05, 3.63) is 0 Å². The summed E-state index contributed by atoms with van der Waals surface area (Å²) < 4.78 is 0. The largest absolute Gasteiger partial charge is 0.480 e. The number of carboxylic acids is 1. The molecule has 3 atom stereocenters. The van der Waals surface area contributed by atoms with Crippen molar-refractivity contribution in [1.82, 2.24) is 9.80 Å². The number of carbonyl (C=O) groups is 3. The summed E-state index contributed by atoms with van der Waals surface area (Å²) in [5.74, 6) is -1.86. The van der Waals surface area contributed by atoms with Crippen molar-refractivity contribution in [1.29, 1.82) is 0 Å². The van der Waals surface area contributed by atoms with Crippen LogP contribution in [0.25, 0.3) is 0 Å². The van der Waals surface area contributed by atoms with Crippen molar-refractivity contribution in [2.75, 3.05) is 19.6 Å². The molecule has 0 aromatic rings. The third-order valence-electron chi connectivity index (χ3n) is 3.88. The van der Waals surface area contributed by atoms with Crippen molar-refractivity contribution in [3.63, 3.8) is 0 Å². The second kappa shape index (κ2) is 5.76. The molecule has 4 N–H and O–H groups in total. The highest BCUT2D eigenvalue weighted by molar-refractivity contribution is 5.91. The molecule has 0 aliphatic carbocycles. The molecule has 0 saturated carbocycles. The minimum absolute atomic E-state index is 0.0675. The Balaban J connectivity index is 2.14. The molecule has 2 fully saturated rings. The number of hydrogen-bond acceptors (Lipinski definition) is 5. The van der Waals surface area contributed by atoms with E-state index >= 15 is 0 Å². The van der Waals surface area contributed by atoms with E-state index in [0.717, 1.165) is 0 Å². The Labute approximate surface area is 116 Å². The molecule has 0 aromatic carbocycles. The number of amides is 2. The third-order valence-corrected chi connectivity index (χ3v) is 3.88. The molecule has 0 radical (unpaired) electrons. The van der Waals surface area contributed by atoms with Gasteiger partial charge in [0.15, 0.2) is 0 Å². The number of carboxylic acid groups (broad SMARTS) is 1. The molecule has 8 nitrogen and oxygen atoms in total. The molecule has 2 rings (SSSR count).